The van der Waals surface area contributed by atoms with Gasteiger partial charge in [0.15, 0.2) is 0 Å². The maximum absolute atomic E-state index is 9.81. The van der Waals surface area contributed by atoms with Crippen LogP contribution in [0.1, 0.15) is 17.2 Å². The fourth-order valence-electron chi connectivity index (χ4n) is 1.96. The lowest BCUT2D eigenvalue weighted by atomic mass is 10.0. The summed E-state index contributed by atoms with van der Waals surface area (Å²) in [7, 11) is 0. The van der Waals surface area contributed by atoms with Gasteiger partial charge in [0.2, 0.25) is 0 Å². The molecule has 0 unspecified atom stereocenters. The Labute approximate surface area is 98.5 Å². The summed E-state index contributed by atoms with van der Waals surface area (Å²) >= 11 is 0. The van der Waals surface area contributed by atoms with Crippen molar-refractivity contribution in [2.24, 2.45) is 0 Å². The van der Waals surface area contributed by atoms with Gasteiger partial charge in [0.25, 0.3) is 0 Å². The van der Waals surface area contributed by atoms with E-state index >= 15 is 0 Å². The predicted octanol–water partition coefficient (Wildman–Crippen LogP) is -0.288. The van der Waals surface area contributed by atoms with Crippen molar-refractivity contribution in [2.75, 3.05) is 6.61 Å². The van der Waals surface area contributed by atoms with Gasteiger partial charge in [0, 0.05) is 0 Å². The lowest BCUT2D eigenvalue weighted by Gasteiger charge is -2.14. The van der Waals surface area contributed by atoms with Crippen LogP contribution in [0, 0.1) is 11.3 Å². The fourth-order valence-corrected chi connectivity index (χ4v) is 1.96. The van der Waals surface area contributed by atoms with E-state index in [0.717, 1.165) is 0 Å². The molecular formula is C12H13NO4. The zero-order valence-corrected chi connectivity index (χ0v) is 9.02. The minimum atomic E-state index is -1.12. The third-order valence-electron chi connectivity index (χ3n) is 2.89. The van der Waals surface area contributed by atoms with Crippen molar-refractivity contribution in [2.45, 2.75) is 24.4 Å². The Morgan fingerprint density at radius 1 is 1.29 bits per heavy atom. The number of hydrogen-bond donors (Lipinski definition) is 3. The number of rotatable bonds is 2. The molecule has 1 aliphatic rings. The summed E-state index contributed by atoms with van der Waals surface area (Å²) in [6.45, 7) is -0.354. The second kappa shape index (κ2) is 4.82. The molecule has 90 valence electrons. The maximum atomic E-state index is 9.81. The number of hydrogen-bond acceptors (Lipinski definition) is 5. The molecule has 1 saturated heterocycles. The van der Waals surface area contributed by atoms with Crippen molar-refractivity contribution >= 4 is 0 Å². The van der Waals surface area contributed by atoms with Crippen molar-refractivity contribution in [3.8, 4) is 6.07 Å². The molecule has 3 N–H and O–H groups in total. The number of aliphatic hydroxyl groups is 3. The standard InChI is InChI=1S/C12H13NO4/c13-5-7-2-1-3-8(4-7)12-11(16)10(15)9(6-14)17-12/h1-4,9-12,14-16H,6H2/t9-,10-,11-,12+/m1/s1. The Hall–Kier alpha value is -1.45. The molecule has 1 aliphatic heterocycles. The highest BCUT2D eigenvalue weighted by Crippen LogP contribution is 2.33. The maximum Gasteiger partial charge on any atom is 0.113 e. The van der Waals surface area contributed by atoms with Gasteiger partial charge in [0.1, 0.15) is 24.4 Å². The average molecular weight is 235 g/mol. The molecule has 1 fully saturated rings. The highest BCUT2D eigenvalue weighted by molar-refractivity contribution is 5.34. The van der Waals surface area contributed by atoms with E-state index in [1.54, 1.807) is 24.3 Å². The normalized spacial score (nSPS) is 32.4. The lowest BCUT2D eigenvalue weighted by molar-refractivity contribution is -0.0227. The molecule has 0 aromatic heterocycles. The molecule has 0 radical (unpaired) electrons. The first-order valence-corrected chi connectivity index (χ1v) is 5.30. The van der Waals surface area contributed by atoms with Crippen LogP contribution in [0.15, 0.2) is 24.3 Å². The number of nitrogens with zero attached hydrogens (tertiary/aromatic N) is 1. The van der Waals surface area contributed by atoms with Gasteiger partial charge >= 0.3 is 0 Å². The van der Waals surface area contributed by atoms with Crippen molar-refractivity contribution < 1.29 is 20.1 Å². The van der Waals surface area contributed by atoms with Crippen LogP contribution in [0.3, 0.4) is 0 Å². The van der Waals surface area contributed by atoms with Crippen molar-refractivity contribution in [1.29, 1.82) is 5.26 Å². The van der Waals surface area contributed by atoms with Gasteiger partial charge in [0.05, 0.1) is 18.2 Å². The highest BCUT2D eigenvalue weighted by atomic mass is 16.6. The van der Waals surface area contributed by atoms with Crippen molar-refractivity contribution in [3.63, 3.8) is 0 Å². The van der Waals surface area contributed by atoms with E-state index in [1.165, 1.54) is 0 Å². The second-order valence-electron chi connectivity index (χ2n) is 4.00. The van der Waals surface area contributed by atoms with Crippen LogP contribution in [-0.2, 0) is 4.74 Å². The zero-order valence-electron chi connectivity index (χ0n) is 9.02. The summed E-state index contributed by atoms with van der Waals surface area (Å²) in [6.07, 6.45) is -3.71. The van der Waals surface area contributed by atoms with E-state index in [1.807, 2.05) is 6.07 Å². The first-order valence-electron chi connectivity index (χ1n) is 5.30. The van der Waals surface area contributed by atoms with Crippen LogP contribution in [0.25, 0.3) is 0 Å². The molecule has 0 bridgehead atoms. The average Bonchev–Trinajstić information content (AvgIpc) is 2.66. The Balaban J connectivity index is 2.26. The molecule has 0 amide bonds. The number of ether oxygens (including phenoxy) is 1. The monoisotopic (exact) mass is 235 g/mol. The Kier molecular flexibility index (Phi) is 3.41. The molecule has 5 heteroatoms. The van der Waals surface area contributed by atoms with Crippen molar-refractivity contribution in [3.05, 3.63) is 35.4 Å². The van der Waals surface area contributed by atoms with Crippen LogP contribution >= 0.6 is 0 Å². The molecular weight excluding hydrogens is 222 g/mol. The van der Waals surface area contributed by atoms with E-state index in [2.05, 4.69) is 0 Å². The second-order valence-corrected chi connectivity index (χ2v) is 4.00. The van der Waals surface area contributed by atoms with Crippen molar-refractivity contribution in [1.82, 2.24) is 0 Å². The first kappa shape index (κ1) is 12.0. The van der Waals surface area contributed by atoms with Gasteiger partial charge in [-0.05, 0) is 17.7 Å². The summed E-state index contributed by atoms with van der Waals surface area (Å²) in [5.41, 5.74) is 1.08. The molecule has 5 nitrogen and oxygen atoms in total. The largest absolute Gasteiger partial charge is 0.394 e. The van der Waals surface area contributed by atoms with E-state index in [0.29, 0.717) is 11.1 Å². The van der Waals surface area contributed by atoms with Gasteiger partial charge < -0.3 is 20.1 Å². The number of aliphatic hydroxyl groups excluding tert-OH is 3. The third-order valence-corrected chi connectivity index (χ3v) is 2.89. The quantitative estimate of drug-likeness (QED) is 0.655. The van der Waals surface area contributed by atoms with Gasteiger partial charge in [-0.2, -0.15) is 5.26 Å². The van der Waals surface area contributed by atoms with E-state index in [4.69, 9.17) is 15.1 Å². The first-order chi connectivity index (χ1) is 8.17. The molecule has 0 aliphatic carbocycles. The molecule has 1 aromatic carbocycles. The van der Waals surface area contributed by atoms with Crippen LogP contribution < -0.4 is 0 Å². The molecule has 4 atom stereocenters. The minimum absolute atomic E-state index is 0.354. The van der Waals surface area contributed by atoms with E-state index in [9.17, 15) is 10.2 Å². The van der Waals surface area contributed by atoms with Gasteiger partial charge in [-0.1, -0.05) is 12.1 Å². The molecule has 0 saturated carbocycles. The molecule has 0 spiro atoms. The minimum Gasteiger partial charge on any atom is -0.394 e. The van der Waals surface area contributed by atoms with E-state index < -0.39 is 24.4 Å². The van der Waals surface area contributed by atoms with Crippen LogP contribution in [0.5, 0.6) is 0 Å². The Morgan fingerprint density at radius 3 is 2.65 bits per heavy atom. The Morgan fingerprint density at radius 2 is 2.06 bits per heavy atom. The van der Waals surface area contributed by atoms with Gasteiger partial charge in [-0.3, -0.25) is 0 Å². The number of nitriles is 1. The zero-order chi connectivity index (χ0) is 12.4. The van der Waals surface area contributed by atoms with E-state index in [-0.39, 0.29) is 6.61 Å². The SMILES string of the molecule is N#Cc1cccc([C@@H]2O[C@H](CO)[C@@H](O)[C@H]2O)c1. The lowest BCUT2D eigenvalue weighted by Crippen LogP contribution is -2.32. The Bertz CT molecular complexity index is 442. The smallest absolute Gasteiger partial charge is 0.113 e. The summed E-state index contributed by atoms with van der Waals surface area (Å²) in [5.74, 6) is 0. The summed E-state index contributed by atoms with van der Waals surface area (Å²) in [5, 5.41) is 37.2. The number of benzene rings is 1. The topological polar surface area (TPSA) is 93.7 Å². The molecule has 1 aromatic rings. The van der Waals surface area contributed by atoms with Crippen LogP contribution in [-0.4, -0.2) is 40.2 Å². The highest BCUT2D eigenvalue weighted by Gasteiger charge is 2.42. The summed E-state index contributed by atoms with van der Waals surface area (Å²) in [6, 6.07) is 8.63. The summed E-state index contributed by atoms with van der Waals surface area (Å²) in [4.78, 5) is 0. The third kappa shape index (κ3) is 2.16. The molecule has 17 heavy (non-hydrogen) atoms. The van der Waals surface area contributed by atoms with Gasteiger partial charge in [-0.25, -0.2) is 0 Å². The fraction of sp³-hybridized carbons (Fsp3) is 0.417. The van der Waals surface area contributed by atoms with Crippen LogP contribution in [0.2, 0.25) is 0 Å². The molecule has 2 rings (SSSR count). The molecule has 1 heterocycles. The van der Waals surface area contributed by atoms with Crippen LogP contribution in [0.4, 0.5) is 0 Å². The summed E-state index contributed by atoms with van der Waals surface area (Å²) < 4.78 is 5.36. The van der Waals surface area contributed by atoms with Gasteiger partial charge in [-0.15, -0.1) is 0 Å². The predicted molar refractivity (Wildman–Crippen MR) is 57.9 cm³/mol.